The van der Waals surface area contributed by atoms with Crippen molar-refractivity contribution in [2.75, 3.05) is 4.90 Å². The van der Waals surface area contributed by atoms with Crippen LogP contribution in [0.5, 0.6) is 0 Å². The lowest BCUT2D eigenvalue weighted by Gasteiger charge is -2.43. The molecule has 0 amide bonds. The Labute approximate surface area is 328 Å². The summed E-state index contributed by atoms with van der Waals surface area (Å²) in [4.78, 5) is 2.51. The second-order valence-electron chi connectivity index (χ2n) is 17.7. The molecule has 272 valence electrons. The topological polar surface area (TPSA) is 3.24 Å². The van der Waals surface area contributed by atoms with Crippen LogP contribution in [0.4, 0.5) is 17.1 Å². The number of nitrogens with zero attached hydrogens (tertiary/aromatic N) is 1. The van der Waals surface area contributed by atoms with Crippen molar-refractivity contribution in [1.82, 2.24) is 0 Å². The van der Waals surface area contributed by atoms with Crippen LogP contribution in [0, 0.1) is 6.92 Å². The Balaban J connectivity index is 1.32. The second kappa shape index (κ2) is 13.0. The molecule has 0 spiro atoms. The first-order chi connectivity index (χ1) is 26.4. The van der Waals surface area contributed by atoms with E-state index in [2.05, 4.69) is 211 Å². The highest BCUT2D eigenvalue weighted by Gasteiger charge is 2.40. The van der Waals surface area contributed by atoms with Gasteiger partial charge in [0, 0.05) is 22.4 Å². The highest BCUT2D eigenvalue weighted by molar-refractivity contribution is 5.96. The Morgan fingerprint density at radius 3 is 1.49 bits per heavy atom. The molecule has 0 N–H and O–H groups in total. The minimum atomic E-state index is -0.143. The third-order valence-electron chi connectivity index (χ3n) is 12.9. The molecule has 55 heavy (non-hydrogen) atoms. The van der Waals surface area contributed by atoms with Crippen LogP contribution in [0.25, 0.3) is 44.5 Å². The summed E-state index contributed by atoms with van der Waals surface area (Å²) in [6.07, 6.45) is 2.39. The van der Waals surface area contributed by atoms with E-state index in [1.54, 1.807) is 0 Å². The minimum Gasteiger partial charge on any atom is -0.310 e. The Kier molecular flexibility index (Phi) is 8.28. The Bertz CT molecular complexity index is 2450. The molecular formula is C54H51N. The first-order valence-electron chi connectivity index (χ1n) is 20.0. The van der Waals surface area contributed by atoms with E-state index in [1.165, 1.54) is 90.9 Å². The van der Waals surface area contributed by atoms with Crippen LogP contribution in [0.1, 0.15) is 82.2 Å². The highest BCUT2D eigenvalue weighted by Crippen LogP contribution is 2.55. The summed E-state index contributed by atoms with van der Waals surface area (Å²) in [5.74, 6) is 0. The van der Waals surface area contributed by atoms with E-state index >= 15 is 0 Å². The molecule has 0 bridgehead atoms. The maximum Gasteiger partial charge on any atom is 0.0543 e. The summed E-state index contributed by atoms with van der Waals surface area (Å²) in [6.45, 7) is 16.9. The summed E-state index contributed by atoms with van der Waals surface area (Å²) in [5, 5.41) is 0. The molecule has 7 aromatic carbocycles. The van der Waals surface area contributed by atoms with Crippen molar-refractivity contribution in [2.24, 2.45) is 0 Å². The molecule has 1 nitrogen and oxygen atoms in total. The normalized spacial score (nSPS) is 15.8. The van der Waals surface area contributed by atoms with Gasteiger partial charge in [-0.05, 0) is 134 Å². The van der Waals surface area contributed by atoms with Crippen molar-refractivity contribution in [2.45, 2.75) is 77.6 Å². The number of benzene rings is 7. The van der Waals surface area contributed by atoms with Crippen LogP contribution in [-0.4, -0.2) is 0 Å². The monoisotopic (exact) mass is 713 g/mol. The average molecular weight is 714 g/mol. The smallest absolute Gasteiger partial charge is 0.0543 e. The van der Waals surface area contributed by atoms with E-state index in [-0.39, 0.29) is 16.2 Å². The van der Waals surface area contributed by atoms with Gasteiger partial charge in [0.25, 0.3) is 0 Å². The zero-order valence-corrected chi connectivity index (χ0v) is 33.4. The van der Waals surface area contributed by atoms with Crippen LogP contribution in [0.3, 0.4) is 0 Å². The number of hydrogen-bond donors (Lipinski definition) is 0. The summed E-state index contributed by atoms with van der Waals surface area (Å²) in [5.41, 5.74) is 20.9. The summed E-state index contributed by atoms with van der Waals surface area (Å²) in [7, 11) is 0. The van der Waals surface area contributed by atoms with Crippen LogP contribution >= 0.6 is 0 Å². The summed E-state index contributed by atoms with van der Waals surface area (Å²) >= 11 is 0. The molecule has 0 atom stereocenters. The zero-order valence-electron chi connectivity index (χ0n) is 33.4. The van der Waals surface area contributed by atoms with Crippen LogP contribution in [0.15, 0.2) is 158 Å². The average Bonchev–Trinajstić information content (AvgIpc) is 3.42. The van der Waals surface area contributed by atoms with Crippen LogP contribution in [0.2, 0.25) is 0 Å². The van der Waals surface area contributed by atoms with Crippen LogP contribution < -0.4 is 4.90 Å². The Hall–Kier alpha value is -5.66. The van der Waals surface area contributed by atoms with Gasteiger partial charge in [0.1, 0.15) is 0 Å². The lowest BCUT2D eigenvalue weighted by atomic mass is 9.61. The van der Waals surface area contributed by atoms with E-state index in [1.807, 2.05) is 0 Å². The third-order valence-corrected chi connectivity index (χ3v) is 12.9. The standard InChI is InChI=1S/C54H51N/c1-36-43(30-31-48-51(36)53(4,5)33-32-52(48,2)3)46-34-45-44-20-14-15-21-47(44)54(6,7)49(45)35-50(46)55(41-26-22-39(23-27-41)37-16-10-8-11-17-37)42-28-24-40(25-29-42)38-18-12-9-13-19-38/h8-31,34-35H,32-33H2,1-7H3. The van der Waals surface area contributed by atoms with E-state index < -0.39 is 0 Å². The van der Waals surface area contributed by atoms with Crippen molar-refractivity contribution in [3.05, 3.63) is 186 Å². The first kappa shape index (κ1) is 35.1. The highest BCUT2D eigenvalue weighted by atomic mass is 15.1. The van der Waals surface area contributed by atoms with Crippen molar-refractivity contribution >= 4 is 17.1 Å². The van der Waals surface area contributed by atoms with E-state index in [9.17, 15) is 0 Å². The predicted molar refractivity (Wildman–Crippen MR) is 235 cm³/mol. The van der Waals surface area contributed by atoms with E-state index in [4.69, 9.17) is 0 Å². The molecule has 0 radical (unpaired) electrons. The van der Waals surface area contributed by atoms with Gasteiger partial charge in [-0.15, -0.1) is 0 Å². The molecule has 0 heterocycles. The summed E-state index contributed by atoms with van der Waals surface area (Å²) < 4.78 is 0. The molecule has 1 heteroatoms. The molecule has 0 fully saturated rings. The molecule has 0 unspecified atom stereocenters. The fraction of sp³-hybridized carbons (Fsp3) is 0.222. The fourth-order valence-corrected chi connectivity index (χ4v) is 9.76. The maximum atomic E-state index is 2.53. The van der Waals surface area contributed by atoms with Crippen LogP contribution in [-0.2, 0) is 16.2 Å². The Morgan fingerprint density at radius 2 is 0.909 bits per heavy atom. The van der Waals surface area contributed by atoms with E-state index in [0.717, 1.165) is 11.4 Å². The third kappa shape index (κ3) is 5.84. The van der Waals surface area contributed by atoms with Gasteiger partial charge in [-0.2, -0.15) is 0 Å². The number of fused-ring (bicyclic) bond motifs is 4. The van der Waals surface area contributed by atoms with Gasteiger partial charge in [0.15, 0.2) is 0 Å². The van der Waals surface area contributed by atoms with Gasteiger partial charge < -0.3 is 4.90 Å². The van der Waals surface area contributed by atoms with Gasteiger partial charge >= 0.3 is 0 Å². The summed E-state index contributed by atoms with van der Waals surface area (Å²) in [6, 6.07) is 58.7. The van der Waals surface area contributed by atoms with Crippen molar-refractivity contribution in [3.8, 4) is 44.5 Å². The lowest BCUT2D eigenvalue weighted by Crippen LogP contribution is -2.34. The first-order valence-corrected chi connectivity index (χ1v) is 20.0. The molecule has 0 aromatic heterocycles. The molecular weight excluding hydrogens is 663 g/mol. The second-order valence-corrected chi connectivity index (χ2v) is 17.7. The van der Waals surface area contributed by atoms with Crippen molar-refractivity contribution in [1.29, 1.82) is 0 Å². The molecule has 0 saturated carbocycles. The predicted octanol–water partition coefficient (Wildman–Crippen LogP) is 15.1. The van der Waals surface area contributed by atoms with Gasteiger partial charge in [-0.25, -0.2) is 0 Å². The SMILES string of the molecule is Cc1c(-c2cc3c(cc2N(c2ccc(-c4ccccc4)cc2)c2ccc(-c4ccccc4)cc2)C(C)(C)c2ccccc2-3)ccc2c1C(C)(C)CCC2(C)C. The number of rotatable bonds is 6. The maximum absolute atomic E-state index is 2.53. The lowest BCUT2D eigenvalue weighted by molar-refractivity contribution is 0.330. The minimum absolute atomic E-state index is 0.0939. The molecule has 0 saturated heterocycles. The van der Waals surface area contributed by atoms with Gasteiger partial charge in [-0.1, -0.05) is 163 Å². The number of anilines is 3. The van der Waals surface area contributed by atoms with Gasteiger partial charge in [-0.3, -0.25) is 0 Å². The molecule has 7 aromatic rings. The molecule has 9 rings (SSSR count). The van der Waals surface area contributed by atoms with Gasteiger partial charge in [0.05, 0.1) is 5.69 Å². The molecule has 2 aliphatic carbocycles. The molecule has 0 aliphatic heterocycles. The van der Waals surface area contributed by atoms with E-state index in [0.29, 0.717) is 0 Å². The fourth-order valence-electron chi connectivity index (χ4n) is 9.76. The van der Waals surface area contributed by atoms with Crippen molar-refractivity contribution < 1.29 is 0 Å². The quantitative estimate of drug-likeness (QED) is 0.166. The Morgan fingerprint density at radius 1 is 0.400 bits per heavy atom. The van der Waals surface area contributed by atoms with Gasteiger partial charge in [0.2, 0.25) is 0 Å². The van der Waals surface area contributed by atoms with Crippen molar-refractivity contribution in [3.63, 3.8) is 0 Å². The zero-order chi connectivity index (χ0) is 38.1. The molecule has 2 aliphatic rings. The number of hydrogen-bond acceptors (Lipinski definition) is 1. The largest absolute Gasteiger partial charge is 0.310 e.